The SMILES string of the molecule is C[Si](C)(C)c1ccc(C=C(NNC(N)=O)C(=O)O)o1. The molecule has 0 bridgehead atoms. The third-order valence-electron chi connectivity index (χ3n) is 2.20. The van der Waals surface area contributed by atoms with E-state index in [-0.39, 0.29) is 5.70 Å². The number of carboxylic acids is 1. The number of amides is 2. The van der Waals surface area contributed by atoms with Gasteiger partial charge in [-0.05, 0) is 12.1 Å². The van der Waals surface area contributed by atoms with E-state index in [4.69, 9.17) is 15.3 Å². The monoisotopic (exact) mass is 283 g/mol. The number of hydrogen-bond donors (Lipinski definition) is 4. The van der Waals surface area contributed by atoms with Crippen LogP contribution in [0.25, 0.3) is 6.08 Å². The van der Waals surface area contributed by atoms with Gasteiger partial charge in [-0.3, -0.25) is 10.9 Å². The van der Waals surface area contributed by atoms with Gasteiger partial charge in [0.1, 0.15) is 19.5 Å². The highest BCUT2D eigenvalue weighted by Gasteiger charge is 2.20. The Bertz CT molecular complexity index is 516. The topological polar surface area (TPSA) is 118 Å². The lowest BCUT2D eigenvalue weighted by atomic mass is 10.3. The predicted octanol–water partition coefficient (Wildman–Crippen LogP) is 0.423. The quantitative estimate of drug-likeness (QED) is 0.355. The zero-order chi connectivity index (χ0) is 14.6. The summed E-state index contributed by atoms with van der Waals surface area (Å²) in [5, 5.41) is 9.83. The Labute approximate surface area is 111 Å². The maximum absolute atomic E-state index is 11.0. The van der Waals surface area contributed by atoms with Crippen LogP contribution in [0.2, 0.25) is 19.6 Å². The summed E-state index contributed by atoms with van der Waals surface area (Å²) in [5.41, 5.74) is 8.80. The fraction of sp³-hybridized carbons (Fsp3) is 0.273. The number of carboxylic acid groups (broad SMARTS) is 1. The van der Waals surface area contributed by atoms with Crippen molar-refractivity contribution in [2.75, 3.05) is 0 Å². The van der Waals surface area contributed by atoms with Gasteiger partial charge in [-0.15, -0.1) is 0 Å². The van der Waals surface area contributed by atoms with E-state index in [1.807, 2.05) is 11.5 Å². The molecule has 104 valence electrons. The van der Waals surface area contributed by atoms with Crippen LogP contribution in [0.4, 0.5) is 4.79 Å². The average molecular weight is 283 g/mol. The summed E-state index contributed by atoms with van der Waals surface area (Å²) < 4.78 is 5.57. The van der Waals surface area contributed by atoms with E-state index in [1.165, 1.54) is 6.08 Å². The molecule has 0 aliphatic carbocycles. The number of furan rings is 1. The van der Waals surface area contributed by atoms with Gasteiger partial charge in [-0.25, -0.2) is 9.59 Å². The van der Waals surface area contributed by atoms with Gasteiger partial charge in [-0.1, -0.05) is 19.6 Å². The van der Waals surface area contributed by atoms with Gasteiger partial charge in [0.05, 0.1) is 5.38 Å². The molecular formula is C11H17N3O4Si. The largest absolute Gasteiger partial charge is 0.477 e. The highest BCUT2D eigenvalue weighted by Crippen LogP contribution is 2.09. The van der Waals surface area contributed by atoms with Crippen molar-refractivity contribution in [1.29, 1.82) is 0 Å². The lowest BCUT2D eigenvalue weighted by Crippen LogP contribution is -2.42. The first-order chi connectivity index (χ1) is 8.70. The first kappa shape index (κ1) is 14.8. The van der Waals surface area contributed by atoms with Crippen molar-refractivity contribution < 1.29 is 19.1 Å². The fourth-order valence-corrected chi connectivity index (χ4v) is 2.26. The Morgan fingerprint density at radius 2 is 1.95 bits per heavy atom. The van der Waals surface area contributed by atoms with Crippen molar-refractivity contribution in [3.05, 3.63) is 23.6 Å². The molecule has 0 saturated carbocycles. The van der Waals surface area contributed by atoms with Gasteiger partial charge < -0.3 is 15.3 Å². The second kappa shape index (κ2) is 5.61. The van der Waals surface area contributed by atoms with Crippen LogP contribution in [0.15, 0.2) is 22.2 Å². The summed E-state index contributed by atoms with van der Waals surface area (Å²) in [5.74, 6) is -0.840. The summed E-state index contributed by atoms with van der Waals surface area (Å²) in [7, 11) is -1.58. The molecule has 0 saturated heterocycles. The molecule has 8 heteroatoms. The summed E-state index contributed by atoms with van der Waals surface area (Å²) in [6, 6.07) is 2.64. The number of rotatable bonds is 5. The van der Waals surface area contributed by atoms with E-state index >= 15 is 0 Å². The molecule has 0 aromatic carbocycles. The smallest absolute Gasteiger partial charge is 0.353 e. The number of nitrogens with one attached hydrogen (secondary N) is 2. The molecule has 0 radical (unpaired) electrons. The zero-order valence-electron chi connectivity index (χ0n) is 11.0. The van der Waals surface area contributed by atoms with Crippen LogP contribution >= 0.6 is 0 Å². The van der Waals surface area contributed by atoms with Gasteiger partial charge in [0, 0.05) is 6.08 Å². The third kappa shape index (κ3) is 4.51. The Kier molecular flexibility index (Phi) is 4.38. The molecule has 1 rings (SSSR count). The molecule has 0 aliphatic rings. The minimum Gasteiger partial charge on any atom is -0.477 e. The highest BCUT2D eigenvalue weighted by atomic mass is 28.3. The number of hydrogen-bond acceptors (Lipinski definition) is 4. The molecular weight excluding hydrogens is 266 g/mol. The van der Waals surface area contributed by atoms with Crippen molar-refractivity contribution in [2.24, 2.45) is 5.73 Å². The zero-order valence-corrected chi connectivity index (χ0v) is 12.0. The number of nitrogens with two attached hydrogens (primary N) is 1. The molecule has 0 spiro atoms. The van der Waals surface area contributed by atoms with E-state index < -0.39 is 20.1 Å². The highest BCUT2D eigenvalue weighted by molar-refractivity contribution is 6.87. The first-order valence-corrected chi connectivity index (χ1v) is 9.07. The second-order valence-electron chi connectivity index (χ2n) is 4.93. The molecule has 7 nitrogen and oxygen atoms in total. The van der Waals surface area contributed by atoms with Gasteiger partial charge in [0.15, 0.2) is 0 Å². The van der Waals surface area contributed by atoms with Gasteiger partial charge in [0.2, 0.25) is 0 Å². The van der Waals surface area contributed by atoms with Crippen molar-refractivity contribution in [3.8, 4) is 0 Å². The normalized spacial score (nSPS) is 12.1. The van der Waals surface area contributed by atoms with E-state index in [0.29, 0.717) is 5.76 Å². The van der Waals surface area contributed by atoms with Crippen LogP contribution in [0.5, 0.6) is 0 Å². The summed E-state index contributed by atoms with van der Waals surface area (Å²) in [6.45, 7) is 6.35. The van der Waals surface area contributed by atoms with Crippen LogP contribution in [0.3, 0.4) is 0 Å². The maximum atomic E-state index is 11.0. The summed E-state index contributed by atoms with van der Waals surface area (Å²) >= 11 is 0. The number of urea groups is 1. The van der Waals surface area contributed by atoms with E-state index in [9.17, 15) is 9.59 Å². The molecule has 1 aromatic rings. The molecule has 0 fully saturated rings. The van der Waals surface area contributed by atoms with Crippen LogP contribution in [-0.4, -0.2) is 25.2 Å². The van der Waals surface area contributed by atoms with Crippen LogP contribution < -0.4 is 22.0 Å². The Morgan fingerprint density at radius 1 is 1.32 bits per heavy atom. The molecule has 19 heavy (non-hydrogen) atoms. The van der Waals surface area contributed by atoms with Crippen molar-refractivity contribution >= 4 is 31.5 Å². The van der Waals surface area contributed by atoms with Crippen LogP contribution in [-0.2, 0) is 4.79 Å². The Hall–Kier alpha value is -2.22. The van der Waals surface area contributed by atoms with Crippen molar-refractivity contribution in [1.82, 2.24) is 10.9 Å². The van der Waals surface area contributed by atoms with Gasteiger partial charge in [0.25, 0.3) is 0 Å². The number of hydrazine groups is 1. The third-order valence-corrected chi connectivity index (χ3v) is 3.95. The minimum atomic E-state index is -1.58. The van der Waals surface area contributed by atoms with Crippen LogP contribution in [0, 0.1) is 0 Å². The molecule has 0 unspecified atom stereocenters. The number of carbonyl (C=O) groups is 2. The number of aliphatic carboxylic acids is 1. The summed E-state index contributed by atoms with van der Waals surface area (Å²) in [6.07, 6.45) is 1.28. The predicted molar refractivity (Wildman–Crippen MR) is 73.2 cm³/mol. The molecule has 0 atom stereocenters. The lowest BCUT2D eigenvalue weighted by Gasteiger charge is -2.11. The first-order valence-electron chi connectivity index (χ1n) is 5.57. The van der Waals surface area contributed by atoms with Crippen molar-refractivity contribution in [3.63, 3.8) is 0 Å². The standard InChI is InChI=1S/C11H17N3O4Si/c1-19(2,3)9-5-4-7(18-9)6-8(10(15)16)13-14-11(12)17/h4-6,13H,1-3H3,(H,15,16)(H3,12,14,17). The number of carbonyl (C=O) groups excluding carboxylic acids is 1. The molecule has 1 aromatic heterocycles. The molecule has 1 heterocycles. The lowest BCUT2D eigenvalue weighted by molar-refractivity contribution is -0.133. The Balaban J connectivity index is 2.93. The molecule has 5 N–H and O–H groups in total. The van der Waals surface area contributed by atoms with Gasteiger partial charge in [-0.2, -0.15) is 0 Å². The minimum absolute atomic E-state index is 0.240. The van der Waals surface area contributed by atoms with E-state index in [0.717, 1.165) is 5.38 Å². The van der Waals surface area contributed by atoms with E-state index in [1.54, 1.807) is 6.07 Å². The maximum Gasteiger partial charge on any atom is 0.353 e. The van der Waals surface area contributed by atoms with Crippen LogP contribution in [0.1, 0.15) is 5.76 Å². The second-order valence-corrected chi connectivity index (χ2v) is 9.92. The van der Waals surface area contributed by atoms with Crippen molar-refractivity contribution in [2.45, 2.75) is 19.6 Å². The Morgan fingerprint density at radius 3 is 2.37 bits per heavy atom. The molecule has 2 amide bonds. The average Bonchev–Trinajstić information content (AvgIpc) is 2.71. The van der Waals surface area contributed by atoms with E-state index in [2.05, 4.69) is 25.1 Å². The fourth-order valence-electron chi connectivity index (χ4n) is 1.26. The molecule has 0 aliphatic heterocycles. The number of primary amides is 1. The summed E-state index contributed by atoms with van der Waals surface area (Å²) in [4.78, 5) is 21.5. The van der Waals surface area contributed by atoms with Gasteiger partial charge >= 0.3 is 12.0 Å².